The first-order chi connectivity index (χ1) is 10.1. The van der Waals surface area contributed by atoms with Crippen molar-refractivity contribution in [2.45, 2.75) is 26.9 Å². The highest BCUT2D eigenvalue weighted by Gasteiger charge is 2.14. The average molecular weight is 356 g/mol. The molecule has 0 radical (unpaired) electrons. The topological polar surface area (TPSA) is 83.4 Å². The number of hydrogen-bond donors (Lipinski definition) is 1. The number of aryl methyl sites for hydroxylation is 1. The van der Waals surface area contributed by atoms with Crippen LogP contribution in [0.3, 0.4) is 0 Å². The lowest BCUT2D eigenvalue weighted by atomic mass is 10.1. The van der Waals surface area contributed by atoms with Crippen molar-refractivity contribution in [1.29, 1.82) is 0 Å². The first-order valence-electron chi connectivity index (χ1n) is 6.71. The van der Waals surface area contributed by atoms with Crippen LogP contribution in [0.2, 0.25) is 0 Å². The summed E-state index contributed by atoms with van der Waals surface area (Å²) in [6.45, 7) is 5.01. The minimum Gasteiger partial charge on any atom is -0.490 e. The molecule has 6 nitrogen and oxygen atoms in total. The molecule has 0 atom stereocenters. The van der Waals surface area contributed by atoms with E-state index in [1.54, 1.807) is 6.92 Å². The third kappa shape index (κ3) is 4.18. The van der Waals surface area contributed by atoms with Gasteiger partial charge in [0.2, 0.25) is 0 Å². The van der Waals surface area contributed by atoms with Crippen molar-refractivity contribution >= 4 is 15.9 Å². The average Bonchev–Trinajstić information content (AvgIpc) is 2.84. The van der Waals surface area contributed by atoms with Gasteiger partial charge < -0.3 is 19.7 Å². The number of rotatable bonds is 7. The van der Waals surface area contributed by atoms with E-state index >= 15 is 0 Å². The van der Waals surface area contributed by atoms with Gasteiger partial charge >= 0.3 is 0 Å². The lowest BCUT2D eigenvalue weighted by molar-refractivity contribution is 0.226. The molecule has 21 heavy (non-hydrogen) atoms. The summed E-state index contributed by atoms with van der Waals surface area (Å²) in [4.78, 5) is 4.10. The fourth-order valence-electron chi connectivity index (χ4n) is 1.87. The fourth-order valence-corrected chi connectivity index (χ4v) is 2.47. The summed E-state index contributed by atoms with van der Waals surface area (Å²) in [5.41, 5.74) is 6.69. The van der Waals surface area contributed by atoms with E-state index in [9.17, 15) is 0 Å². The number of hydrogen-bond acceptors (Lipinski definition) is 6. The maximum Gasteiger partial charge on any atom is 0.264 e. The minimum absolute atomic E-state index is 0.190. The van der Waals surface area contributed by atoms with Gasteiger partial charge in [-0.15, -0.1) is 0 Å². The lowest BCUT2D eigenvalue weighted by Crippen LogP contribution is -2.05. The highest BCUT2D eigenvalue weighted by atomic mass is 79.9. The number of ether oxygens (including phenoxy) is 2. The van der Waals surface area contributed by atoms with E-state index in [0.29, 0.717) is 36.4 Å². The van der Waals surface area contributed by atoms with E-state index < -0.39 is 0 Å². The molecule has 2 N–H and O–H groups in total. The molecule has 0 aliphatic rings. The zero-order valence-electron chi connectivity index (χ0n) is 12.1. The van der Waals surface area contributed by atoms with Gasteiger partial charge in [0.25, 0.3) is 5.89 Å². The smallest absolute Gasteiger partial charge is 0.264 e. The molecule has 0 unspecified atom stereocenters. The molecule has 0 amide bonds. The van der Waals surface area contributed by atoms with Crippen molar-refractivity contribution < 1.29 is 14.0 Å². The quantitative estimate of drug-likeness (QED) is 0.821. The molecule has 0 aliphatic carbocycles. The number of nitrogens with zero attached hydrogens (tertiary/aromatic N) is 2. The molecule has 0 saturated carbocycles. The van der Waals surface area contributed by atoms with Crippen LogP contribution < -0.4 is 15.2 Å². The lowest BCUT2D eigenvalue weighted by Gasteiger charge is -2.14. The number of nitrogens with two attached hydrogens (primary N) is 1. The Morgan fingerprint density at radius 1 is 1.33 bits per heavy atom. The summed E-state index contributed by atoms with van der Waals surface area (Å²) in [5, 5.41) is 3.73. The summed E-state index contributed by atoms with van der Waals surface area (Å²) in [6, 6.07) is 3.92. The van der Waals surface area contributed by atoms with Crippen LogP contribution in [-0.4, -0.2) is 23.3 Å². The molecule has 1 aromatic carbocycles. The summed E-state index contributed by atoms with van der Waals surface area (Å²) in [5.74, 6) is 2.30. The summed E-state index contributed by atoms with van der Waals surface area (Å²) in [6.07, 6.45) is 0.780. The zero-order valence-corrected chi connectivity index (χ0v) is 13.6. The van der Waals surface area contributed by atoms with Crippen molar-refractivity contribution in [3.8, 4) is 11.5 Å². The van der Waals surface area contributed by atoms with Crippen LogP contribution in [0.5, 0.6) is 11.5 Å². The van der Waals surface area contributed by atoms with Crippen LogP contribution in [0.15, 0.2) is 21.1 Å². The van der Waals surface area contributed by atoms with E-state index in [4.69, 9.17) is 19.7 Å². The zero-order chi connectivity index (χ0) is 15.2. The normalized spacial score (nSPS) is 10.7. The van der Waals surface area contributed by atoms with Gasteiger partial charge in [-0.2, -0.15) is 4.98 Å². The largest absolute Gasteiger partial charge is 0.490 e. The maximum atomic E-state index is 5.75. The molecule has 2 aromatic rings. The van der Waals surface area contributed by atoms with Crippen LogP contribution in [0.25, 0.3) is 0 Å². The van der Waals surface area contributed by atoms with Crippen LogP contribution in [0.1, 0.15) is 24.2 Å². The molecule has 2 rings (SSSR count). The molecular formula is C14H18BrN3O3. The van der Waals surface area contributed by atoms with Gasteiger partial charge in [0.15, 0.2) is 23.9 Å². The molecule has 0 aliphatic heterocycles. The molecular weight excluding hydrogens is 338 g/mol. The monoisotopic (exact) mass is 355 g/mol. The Morgan fingerprint density at radius 3 is 2.76 bits per heavy atom. The Balaban J connectivity index is 2.19. The van der Waals surface area contributed by atoms with Gasteiger partial charge in [-0.05, 0) is 60.4 Å². The summed E-state index contributed by atoms with van der Waals surface area (Å²) < 4.78 is 17.2. The van der Waals surface area contributed by atoms with Gasteiger partial charge in [-0.1, -0.05) is 5.16 Å². The van der Waals surface area contributed by atoms with Crippen LogP contribution >= 0.6 is 15.9 Å². The molecule has 0 saturated heterocycles. The Bertz CT molecular complexity index is 601. The molecule has 1 heterocycles. The molecule has 0 bridgehead atoms. The minimum atomic E-state index is 0.190. The van der Waals surface area contributed by atoms with Gasteiger partial charge in [0.1, 0.15) is 0 Å². The molecule has 0 spiro atoms. The van der Waals surface area contributed by atoms with E-state index in [1.807, 2.05) is 19.1 Å². The summed E-state index contributed by atoms with van der Waals surface area (Å²) >= 11 is 3.50. The highest BCUT2D eigenvalue weighted by Crippen LogP contribution is 2.37. The molecule has 114 valence electrons. The van der Waals surface area contributed by atoms with Crippen molar-refractivity contribution in [2.24, 2.45) is 5.73 Å². The van der Waals surface area contributed by atoms with Crippen molar-refractivity contribution in [1.82, 2.24) is 10.1 Å². The first kappa shape index (κ1) is 15.8. The summed E-state index contributed by atoms with van der Waals surface area (Å²) in [7, 11) is 0. The second kappa shape index (κ2) is 7.42. The Kier molecular flexibility index (Phi) is 5.58. The van der Waals surface area contributed by atoms with Gasteiger partial charge in [0, 0.05) is 0 Å². The fraction of sp³-hybridized carbons (Fsp3) is 0.429. The Hall–Kier alpha value is -1.60. The van der Waals surface area contributed by atoms with Crippen LogP contribution in [0, 0.1) is 6.92 Å². The number of aromatic nitrogens is 2. The maximum absolute atomic E-state index is 5.75. The second-order valence-corrected chi connectivity index (χ2v) is 5.25. The Morgan fingerprint density at radius 2 is 2.14 bits per heavy atom. The van der Waals surface area contributed by atoms with Crippen molar-refractivity contribution in [2.75, 3.05) is 13.2 Å². The van der Waals surface area contributed by atoms with Crippen LogP contribution in [0.4, 0.5) is 0 Å². The van der Waals surface area contributed by atoms with Crippen molar-refractivity contribution in [3.63, 3.8) is 0 Å². The van der Waals surface area contributed by atoms with Crippen LogP contribution in [-0.2, 0) is 13.0 Å². The van der Waals surface area contributed by atoms with E-state index in [0.717, 1.165) is 16.5 Å². The van der Waals surface area contributed by atoms with Gasteiger partial charge in [0.05, 0.1) is 11.1 Å². The molecule has 1 aromatic heterocycles. The van der Waals surface area contributed by atoms with E-state index in [1.165, 1.54) is 0 Å². The molecule has 0 fully saturated rings. The SMILES string of the molecule is CCOc1cc(CCN)cc(Br)c1OCc1nc(C)no1. The van der Waals surface area contributed by atoms with Crippen molar-refractivity contribution in [3.05, 3.63) is 33.9 Å². The predicted octanol–water partition coefficient (Wildman–Crippen LogP) is 2.62. The second-order valence-electron chi connectivity index (χ2n) is 4.40. The highest BCUT2D eigenvalue weighted by molar-refractivity contribution is 9.10. The number of halogens is 1. The third-order valence-electron chi connectivity index (χ3n) is 2.71. The molecule has 7 heteroatoms. The standard InChI is InChI=1S/C14H18BrN3O3/c1-3-19-12-7-10(4-5-16)6-11(15)14(12)20-8-13-17-9(2)18-21-13/h6-7H,3-5,8,16H2,1-2H3. The van der Waals surface area contributed by atoms with Gasteiger partial charge in [-0.25, -0.2) is 0 Å². The van der Waals surface area contributed by atoms with E-state index in [2.05, 4.69) is 26.1 Å². The van der Waals surface area contributed by atoms with Gasteiger partial charge in [-0.3, -0.25) is 0 Å². The Labute approximate surface area is 131 Å². The van der Waals surface area contributed by atoms with E-state index in [-0.39, 0.29) is 6.61 Å². The number of benzene rings is 1. The third-order valence-corrected chi connectivity index (χ3v) is 3.30. The first-order valence-corrected chi connectivity index (χ1v) is 7.50. The predicted molar refractivity (Wildman–Crippen MR) is 81.4 cm³/mol.